The van der Waals surface area contributed by atoms with E-state index in [1.165, 1.54) is 6.08 Å². The second kappa shape index (κ2) is 4.66. The Kier molecular flexibility index (Phi) is 3.18. The number of carboxylic acids is 1. The van der Waals surface area contributed by atoms with Crippen LogP contribution in [0.3, 0.4) is 0 Å². The van der Waals surface area contributed by atoms with Crippen molar-refractivity contribution in [1.29, 1.82) is 0 Å². The van der Waals surface area contributed by atoms with Crippen LogP contribution in [0.1, 0.15) is 12.0 Å². The van der Waals surface area contributed by atoms with Gasteiger partial charge in [0, 0.05) is 12.5 Å². The van der Waals surface area contributed by atoms with Gasteiger partial charge in [0.1, 0.15) is 0 Å². The number of benzene rings is 1. The minimum Gasteiger partial charge on any atom is -0.479 e. The summed E-state index contributed by atoms with van der Waals surface area (Å²) in [4.78, 5) is 21.1. The van der Waals surface area contributed by atoms with Gasteiger partial charge in [-0.15, -0.1) is 0 Å². The minimum atomic E-state index is -2.50. The summed E-state index contributed by atoms with van der Waals surface area (Å²) in [5.74, 6) is -1.63. The topological polar surface area (TPSA) is 101 Å². The molecule has 19 heavy (non-hydrogen) atoms. The summed E-state index contributed by atoms with van der Waals surface area (Å²) in [6.45, 7) is 0. The van der Waals surface area contributed by atoms with Crippen LogP contribution in [0.5, 0.6) is 0 Å². The third kappa shape index (κ3) is 2.25. The molecule has 0 saturated heterocycles. The normalized spacial score (nSPS) is 22.4. The van der Waals surface area contributed by atoms with Crippen molar-refractivity contribution in [3.63, 3.8) is 0 Å². The number of hydrogen-bond donors (Lipinski definition) is 2. The van der Waals surface area contributed by atoms with Gasteiger partial charge in [0.2, 0.25) is 0 Å². The highest BCUT2D eigenvalue weighted by Crippen LogP contribution is 2.35. The van der Waals surface area contributed by atoms with Gasteiger partial charge in [-0.3, -0.25) is 10.1 Å². The maximum atomic E-state index is 11.1. The van der Waals surface area contributed by atoms with Crippen molar-refractivity contribution in [2.75, 3.05) is 0 Å². The van der Waals surface area contributed by atoms with Gasteiger partial charge < -0.3 is 10.2 Å². The van der Waals surface area contributed by atoms with Gasteiger partial charge in [-0.2, -0.15) is 0 Å². The number of nitro groups is 1. The molecular formula is C13H11NO5. The fourth-order valence-electron chi connectivity index (χ4n) is 1.99. The largest absolute Gasteiger partial charge is 0.479 e. The zero-order valence-electron chi connectivity index (χ0n) is 9.81. The van der Waals surface area contributed by atoms with Gasteiger partial charge in [0.05, 0.1) is 4.92 Å². The molecule has 0 aliphatic heterocycles. The van der Waals surface area contributed by atoms with Crippen LogP contribution in [0, 0.1) is 10.1 Å². The molecule has 1 aromatic rings. The Balaban J connectivity index is 2.48. The van der Waals surface area contributed by atoms with Crippen molar-refractivity contribution < 1.29 is 19.9 Å². The molecule has 0 spiro atoms. The molecule has 1 atom stereocenters. The first-order valence-corrected chi connectivity index (χ1v) is 5.52. The highest BCUT2D eigenvalue weighted by atomic mass is 16.6. The van der Waals surface area contributed by atoms with Gasteiger partial charge in [-0.1, -0.05) is 36.4 Å². The van der Waals surface area contributed by atoms with Gasteiger partial charge in [0.25, 0.3) is 11.3 Å². The number of hydrogen-bond acceptors (Lipinski definition) is 4. The molecule has 6 nitrogen and oxygen atoms in total. The number of allylic oxidation sites excluding steroid dienone is 2. The molecule has 1 aliphatic rings. The zero-order valence-corrected chi connectivity index (χ0v) is 9.81. The molecule has 2 N–H and O–H groups in total. The Morgan fingerprint density at radius 3 is 2.42 bits per heavy atom. The van der Waals surface area contributed by atoms with E-state index in [0.29, 0.717) is 5.57 Å². The van der Waals surface area contributed by atoms with E-state index in [4.69, 9.17) is 5.11 Å². The molecule has 6 heteroatoms. The summed E-state index contributed by atoms with van der Waals surface area (Å²) >= 11 is 0. The third-order valence-electron chi connectivity index (χ3n) is 3.01. The highest BCUT2D eigenvalue weighted by molar-refractivity contribution is 5.86. The van der Waals surface area contributed by atoms with Crippen molar-refractivity contribution in [2.45, 2.75) is 12.0 Å². The molecule has 0 fully saturated rings. The fourth-order valence-corrected chi connectivity index (χ4v) is 1.99. The molecule has 1 unspecified atom stereocenters. The lowest BCUT2D eigenvalue weighted by molar-refractivity contribution is -0.442. The van der Waals surface area contributed by atoms with E-state index in [9.17, 15) is 20.0 Å². The third-order valence-corrected chi connectivity index (χ3v) is 3.01. The van der Waals surface area contributed by atoms with Crippen LogP contribution in [-0.4, -0.2) is 26.7 Å². The number of aliphatic carboxylic acids is 1. The van der Waals surface area contributed by atoms with Gasteiger partial charge in [-0.05, 0) is 11.1 Å². The first kappa shape index (κ1) is 13.0. The SMILES string of the molecule is O=C(O)C1(O)CC(c2ccccc2)=CC=C1[N+](=O)[O-]. The molecule has 0 radical (unpaired) electrons. The molecule has 0 bridgehead atoms. The zero-order chi connectivity index (χ0) is 14.0. The van der Waals surface area contributed by atoms with Crippen LogP contribution < -0.4 is 0 Å². The molecule has 0 saturated carbocycles. The summed E-state index contributed by atoms with van der Waals surface area (Å²) in [7, 11) is 0. The van der Waals surface area contributed by atoms with Gasteiger partial charge in [-0.25, -0.2) is 4.79 Å². The Bertz CT molecular complexity index is 590. The Labute approximate surface area is 108 Å². The summed E-state index contributed by atoms with van der Waals surface area (Å²) in [5, 5.41) is 29.9. The lowest BCUT2D eigenvalue weighted by Gasteiger charge is -2.24. The monoisotopic (exact) mass is 261 g/mol. The number of nitrogens with zero attached hydrogens (tertiary/aromatic N) is 1. The van der Waals surface area contributed by atoms with Gasteiger partial charge >= 0.3 is 5.97 Å². The van der Waals surface area contributed by atoms with Crippen molar-refractivity contribution in [3.8, 4) is 0 Å². The standard InChI is InChI=1S/C13H11NO5/c15-12(16)13(17)8-10(6-7-11(13)14(18)19)9-4-2-1-3-5-9/h1-7,17H,8H2,(H,15,16). The number of rotatable bonds is 3. The smallest absolute Gasteiger partial charge is 0.347 e. The predicted molar refractivity (Wildman–Crippen MR) is 66.7 cm³/mol. The minimum absolute atomic E-state index is 0.334. The van der Waals surface area contributed by atoms with Crippen LogP contribution in [-0.2, 0) is 4.79 Å². The Morgan fingerprint density at radius 1 is 1.26 bits per heavy atom. The van der Waals surface area contributed by atoms with Crippen molar-refractivity contribution in [2.24, 2.45) is 0 Å². The van der Waals surface area contributed by atoms with Crippen LogP contribution in [0.2, 0.25) is 0 Å². The summed E-state index contributed by atoms with van der Waals surface area (Å²) in [5.41, 5.74) is -1.96. The summed E-state index contributed by atoms with van der Waals surface area (Å²) < 4.78 is 0. The van der Waals surface area contributed by atoms with E-state index in [1.807, 2.05) is 0 Å². The summed E-state index contributed by atoms with van der Waals surface area (Å²) in [6, 6.07) is 8.83. The average molecular weight is 261 g/mol. The maximum Gasteiger partial charge on any atom is 0.347 e. The number of carbonyl (C=O) groups is 1. The van der Waals surface area contributed by atoms with Crippen LogP contribution in [0.25, 0.3) is 5.57 Å². The quantitative estimate of drug-likeness (QED) is 0.633. The van der Waals surface area contributed by atoms with E-state index < -0.39 is 22.2 Å². The first-order valence-electron chi connectivity index (χ1n) is 5.52. The second-order valence-corrected chi connectivity index (χ2v) is 4.21. The molecule has 2 rings (SSSR count). The number of carboxylic acid groups (broad SMARTS) is 1. The number of aliphatic hydroxyl groups is 1. The molecule has 98 valence electrons. The lowest BCUT2D eigenvalue weighted by atomic mass is 9.84. The summed E-state index contributed by atoms with van der Waals surface area (Å²) in [6.07, 6.45) is 2.17. The van der Waals surface area contributed by atoms with E-state index in [-0.39, 0.29) is 6.42 Å². The van der Waals surface area contributed by atoms with Gasteiger partial charge in [0.15, 0.2) is 0 Å². The maximum absolute atomic E-state index is 11.1. The van der Waals surface area contributed by atoms with Crippen molar-refractivity contribution in [3.05, 3.63) is 63.9 Å². The van der Waals surface area contributed by atoms with E-state index >= 15 is 0 Å². The fraction of sp³-hybridized carbons (Fsp3) is 0.154. The van der Waals surface area contributed by atoms with E-state index in [2.05, 4.69) is 0 Å². The van der Waals surface area contributed by atoms with Crippen molar-refractivity contribution in [1.82, 2.24) is 0 Å². The lowest BCUT2D eigenvalue weighted by Crippen LogP contribution is -2.44. The molecule has 1 aliphatic carbocycles. The first-order chi connectivity index (χ1) is 8.95. The highest BCUT2D eigenvalue weighted by Gasteiger charge is 2.50. The van der Waals surface area contributed by atoms with Crippen LogP contribution in [0.4, 0.5) is 0 Å². The molecule has 1 aromatic carbocycles. The Hall–Kier alpha value is -2.47. The second-order valence-electron chi connectivity index (χ2n) is 4.21. The van der Waals surface area contributed by atoms with E-state index in [1.54, 1.807) is 30.3 Å². The van der Waals surface area contributed by atoms with Crippen LogP contribution in [0.15, 0.2) is 48.2 Å². The predicted octanol–water partition coefficient (Wildman–Crippen LogP) is 1.45. The average Bonchev–Trinajstić information content (AvgIpc) is 2.39. The molecule has 0 heterocycles. The van der Waals surface area contributed by atoms with Crippen LogP contribution >= 0.6 is 0 Å². The Morgan fingerprint density at radius 2 is 1.89 bits per heavy atom. The molecule has 0 amide bonds. The molecular weight excluding hydrogens is 250 g/mol. The van der Waals surface area contributed by atoms with Crippen molar-refractivity contribution >= 4 is 11.5 Å². The molecule has 0 aromatic heterocycles. The van der Waals surface area contributed by atoms with E-state index in [0.717, 1.165) is 11.6 Å².